The van der Waals surface area contributed by atoms with Crippen molar-refractivity contribution in [3.63, 3.8) is 0 Å². The molecule has 0 aliphatic rings. The minimum absolute atomic E-state index is 0.0280. The summed E-state index contributed by atoms with van der Waals surface area (Å²) in [7, 11) is 0. The number of aromatic amines is 1. The van der Waals surface area contributed by atoms with Crippen molar-refractivity contribution in [1.29, 1.82) is 0 Å². The number of hydrogen-bond donors (Lipinski definition) is 2. The van der Waals surface area contributed by atoms with E-state index in [1.807, 2.05) is 0 Å². The molecule has 0 amide bonds. The van der Waals surface area contributed by atoms with Gasteiger partial charge >= 0.3 is 12.8 Å². The molecule has 42 heavy (non-hydrogen) atoms. The van der Waals surface area contributed by atoms with E-state index in [9.17, 15) is 44.7 Å². The van der Waals surface area contributed by atoms with E-state index in [2.05, 4.69) is 30.1 Å². The third-order valence-electron chi connectivity index (χ3n) is 5.95. The van der Waals surface area contributed by atoms with Crippen LogP contribution in [0.25, 0.3) is 22.3 Å². The molecule has 0 spiro atoms. The smallest absolute Gasteiger partial charge is 0.378 e. The van der Waals surface area contributed by atoms with Gasteiger partial charge in [-0.15, -0.1) is 0 Å². The van der Waals surface area contributed by atoms with E-state index in [1.54, 1.807) is 5.10 Å². The van der Waals surface area contributed by atoms with Crippen molar-refractivity contribution in [2.45, 2.75) is 44.6 Å². The SMILES string of the molecule is O=c1[nH]ncc(N[C@H](CCCn2cnc3cc(-c4ncc(C(F)F)cn4)c(F)cc3c2=O)COC(F)F)c1C(F)(F)F. The maximum Gasteiger partial charge on any atom is 0.423 e. The van der Waals surface area contributed by atoms with Crippen LogP contribution in [-0.4, -0.2) is 49.0 Å². The molecule has 0 bridgehead atoms. The highest BCUT2D eigenvalue weighted by molar-refractivity contribution is 5.82. The lowest BCUT2D eigenvalue weighted by molar-refractivity contribution is -0.138. The van der Waals surface area contributed by atoms with Crippen LogP contribution in [0, 0.1) is 5.82 Å². The van der Waals surface area contributed by atoms with Crippen LogP contribution in [0.4, 0.5) is 40.8 Å². The predicted molar refractivity (Wildman–Crippen MR) is 130 cm³/mol. The largest absolute Gasteiger partial charge is 0.423 e. The normalized spacial score (nSPS) is 12.8. The van der Waals surface area contributed by atoms with Gasteiger partial charge in [-0.25, -0.2) is 33.2 Å². The third-order valence-corrected chi connectivity index (χ3v) is 5.95. The van der Waals surface area contributed by atoms with Crippen molar-refractivity contribution >= 4 is 16.6 Å². The zero-order valence-electron chi connectivity index (χ0n) is 21.0. The average molecular weight is 605 g/mol. The van der Waals surface area contributed by atoms with Gasteiger partial charge in [0.2, 0.25) is 0 Å². The summed E-state index contributed by atoms with van der Waals surface area (Å²) in [6.07, 6.45) is -4.50. The van der Waals surface area contributed by atoms with Crippen molar-refractivity contribution < 1.29 is 39.9 Å². The molecular weight excluding hydrogens is 586 g/mol. The van der Waals surface area contributed by atoms with Gasteiger partial charge in [-0.05, 0) is 25.0 Å². The average Bonchev–Trinajstić information content (AvgIpc) is 2.92. The number of halogens is 8. The fourth-order valence-electron chi connectivity index (χ4n) is 4.00. The van der Waals surface area contributed by atoms with Crippen LogP contribution in [-0.2, 0) is 17.5 Å². The summed E-state index contributed by atoms with van der Waals surface area (Å²) < 4.78 is 111. The number of rotatable bonds is 11. The van der Waals surface area contributed by atoms with Crippen LogP contribution in [0.2, 0.25) is 0 Å². The first-order valence-electron chi connectivity index (χ1n) is 12.0. The van der Waals surface area contributed by atoms with Gasteiger partial charge in [0.25, 0.3) is 17.5 Å². The van der Waals surface area contributed by atoms with Gasteiger partial charge in [-0.3, -0.25) is 14.2 Å². The summed E-state index contributed by atoms with van der Waals surface area (Å²) >= 11 is 0. The first kappa shape index (κ1) is 30.5. The van der Waals surface area contributed by atoms with Crippen LogP contribution < -0.4 is 16.4 Å². The topological polar surface area (TPSA) is 128 Å². The number of ether oxygens (including phenoxy) is 1. The number of fused-ring (bicyclic) bond motifs is 1. The molecule has 0 unspecified atom stereocenters. The Labute approximate surface area is 229 Å². The minimum atomic E-state index is -5.08. The van der Waals surface area contributed by atoms with E-state index >= 15 is 0 Å². The molecule has 0 aliphatic heterocycles. The van der Waals surface area contributed by atoms with E-state index in [1.165, 1.54) is 6.07 Å². The van der Waals surface area contributed by atoms with Crippen LogP contribution in [0.5, 0.6) is 0 Å². The lowest BCUT2D eigenvalue weighted by Crippen LogP contribution is -2.32. The first-order chi connectivity index (χ1) is 19.8. The molecule has 3 heterocycles. The molecule has 0 radical (unpaired) electrons. The molecule has 2 N–H and O–H groups in total. The quantitative estimate of drug-likeness (QED) is 0.239. The Morgan fingerprint density at radius 2 is 1.74 bits per heavy atom. The molecule has 224 valence electrons. The van der Waals surface area contributed by atoms with Crippen LogP contribution in [0.1, 0.15) is 30.4 Å². The molecular formula is C24H19F8N7O3. The van der Waals surface area contributed by atoms with Crippen molar-refractivity contribution in [3.05, 3.63) is 74.7 Å². The standard InChI is InChI=1S/C24H19F8N7O3/c25-15-4-14-16(5-13(15)20-33-6-11(7-34-20)19(26)27)35-10-39(22(14)41)3-1-2-12(9-42-23(28)29)37-17-8-36-38-21(40)18(17)24(30,31)32/h4-8,10,12,19,23H,1-3,9H2,(H2,37,38,40)/t12-/m1/s1. The highest BCUT2D eigenvalue weighted by Gasteiger charge is 2.37. The van der Waals surface area contributed by atoms with Gasteiger partial charge in [0.1, 0.15) is 11.4 Å². The van der Waals surface area contributed by atoms with E-state index in [-0.39, 0.29) is 41.7 Å². The Bertz CT molecular complexity index is 1660. The Morgan fingerprint density at radius 1 is 1.02 bits per heavy atom. The first-order valence-corrected chi connectivity index (χ1v) is 12.0. The van der Waals surface area contributed by atoms with Crippen LogP contribution >= 0.6 is 0 Å². The molecule has 4 aromatic rings. The summed E-state index contributed by atoms with van der Waals surface area (Å²) in [5, 5.41) is 7.17. The number of alkyl halides is 7. The second-order valence-corrected chi connectivity index (χ2v) is 8.80. The molecule has 0 fully saturated rings. The van der Waals surface area contributed by atoms with Gasteiger partial charge in [0, 0.05) is 25.0 Å². The highest BCUT2D eigenvalue weighted by Crippen LogP contribution is 2.32. The van der Waals surface area contributed by atoms with E-state index in [0.29, 0.717) is 6.20 Å². The Kier molecular flexibility index (Phi) is 9.13. The Hall–Kier alpha value is -4.48. The summed E-state index contributed by atoms with van der Waals surface area (Å²) in [4.78, 5) is 36.2. The summed E-state index contributed by atoms with van der Waals surface area (Å²) in [5.74, 6) is -1.14. The molecule has 4 rings (SSSR count). The lowest BCUT2D eigenvalue weighted by Gasteiger charge is -2.22. The zero-order chi connectivity index (χ0) is 30.6. The number of aromatic nitrogens is 6. The van der Waals surface area contributed by atoms with E-state index in [4.69, 9.17) is 0 Å². The molecule has 1 aromatic carbocycles. The Morgan fingerprint density at radius 3 is 2.38 bits per heavy atom. The number of anilines is 1. The van der Waals surface area contributed by atoms with Crippen molar-refractivity contribution in [3.8, 4) is 11.4 Å². The van der Waals surface area contributed by atoms with Gasteiger partial charge in [-0.2, -0.15) is 27.1 Å². The second kappa shape index (κ2) is 12.6. The molecule has 3 aromatic heterocycles. The molecule has 1 atom stereocenters. The van der Waals surface area contributed by atoms with Gasteiger partial charge < -0.3 is 10.1 Å². The number of H-pyrrole nitrogens is 1. The summed E-state index contributed by atoms with van der Waals surface area (Å²) in [6, 6.07) is 0.883. The number of hydrogen-bond acceptors (Lipinski definition) is 8. The number of nitrogens with zero attached hydrogens (tertiary/aromatic N) is 5. The molecule has 0 aliphatic carbocycles. The van der Waals surface area contributed by atoms with Crippen LogP contribution in [0.3, 0.4) is 0 Å². The maximum atomic E-state index is 14.8. The lowest BCUT2D eigenvalue weighted by atomic mass is 10.1. The fraction of sp³-hybridized carbons (Fsp3) is 0.333. The number of benzene rings is 1. The monoisotopic (exact) mass is 605 g/mol. The Balaban J connectivity index is 1.52. The van der Waals surface area contributed by atoms with Crippen molar-refractivity contribution in [2.75, 3.05) is 11.9 Å². The number of aryl methyl sites for hydroxylation is 1. The van der Waals surface area contributed by atoms with E-state index in [0.717, 1.165) is 29.4 Å². The number of nitrogens with one attached hydrogen (secondary N) is 2. The maximum absolute atomic E-state index is 14.8. The highest BCUT2D eigenvalue weighted by atomic mass is 19.4. The fourth-order valence-corrected chi connectivity index (χ4v) is 4.00. The minimum Gasteiger partial charge on any atom is -0.378 e. The van der Waals surface area contributed by atoms with Crippen molar-refractivity contribution in [1.82, 2.24) is 29.7 Å². The third kappa shape index (κ3) is 7.04. The summed E-state index contributed by atoms with van der Waals surface area (Å²) in [5.41, 5.74) is -5.19. The van der Waals surface area contributed by atoms with Gasteiger partial charge in [-0.1, -0.05) is 0 Å². The van der Waals surface area contributed by atoms with Gasteiger partial charge in [0.05, 0.1) is 46.8 Å². The van der Waals surface area contributed by atoms with Crippen molar-refractivity contribution in [2.24, 2.45) is 0 Å². The predicted octanol–water partition coefficient (Wildman–Crippen LogP) is 4.53. The van der Waals surface area contributed by atoms with Crippen LogP contribution in [0.15, 0.2) is 46.6 Å². The summed E-state index contributed by atoms with van der Waals surface area (Å²) in [6.45, 7) is -4.08. The molecule has 10 nitrogen and oxygen atoms in total. The molecule has 0 saturated carbocycles. The molecule has 0 saturated heterocycles. The zero-order valence-corrected chi connectivity index (χ0v) is 21.0. The second-order valence-electron chi connectivity index (χ2n) is 8.80. The molecule has 18 heteroatoms. The van der Waals surface area contributed by atoms with Gasteiger partial charge in [0.15, 0.2) is 5.82 Å². The van der Waals surface area contributed by atoms with E-state index < -0.39 is 65.6 Å².